The number of furan rings is 1. The van der Waals surface area contributed by atoms with Gasteiger partial charge in [-0.2, -0.15) is 0 Å². The first kappa shape index (κ1) is 24.8. The maximum absolute atomic E-state index is 13.5. The predicted molar refractivity (Wildman–Crippen MR) is 183 cm³/mol. The minimum Gasteiger partial charge on any atom is -0.455 e. The first-order valence-electron chi connectivity index (χ1n) is 14.9. The molecule has 1 aromatic heterocycles. The molecule has 9 aromatic rings. The third-order valence-electron chi connectivity index (χ3n) is 8.94. The van der Waals surface area contributed by atoms with Gasteiger partial charge in [0.15, 0.2) is 0 Å². The van der Waals surface area contributed by atoms with Crippen LogP contribution in [-0.4, -0.2) is 0 Å². The zero-order valence-corrected chi connectivity index (χ0v) is 23.7. The molecule has 1 nitrogen and oxygen atoms in total. The molecule has 1 heterocycles. The summed E-state index contributed by atoms with van der Waals surface area (Å²) in [6.07, 6.45) is 0. The Morgan fingerprint density at radius 3 is 1.59 bits per heavy atom. The second kappa shape index (κ2) is 9.65. The van der Waals surface area contributed by atoms with E-state index in [2.05, 4.69) is 127 Å². The van der Waals surface area contributed by atoms with Gasteiger partial charge in [-0.15, -0.1) is 0 Å². The number of fused-ring (bicyclic) bond motifs is 7. The quantitative estimate of drug-likeness (QED) is 0.195. The molecular formula is C42H25FO. The molecule has 9 rings (SSSR count). The normalized spacial score (nSPS) is 11.8. The molecule has 2 heteroatoms. The minimum absolute atomic E-state index is 0.226. The first-order valence-corrected chi connectivity index (χ1v) is 14.9. The highest BCUT2D eigenvalue weighted by Crippen LogP contribution is 2.47. The highest BCUT2D eigenvalue weighted by Gasteiger charge is 2.20. The van der Waals surface area contributed by atoms with Crippen LogP contribution < -0.4 is 0 Å². The third kappa shape index (κ3) is 3.71. The Labute approximate surface area is 253 Å². The molecule has 0 atom stereocenters. The molecule has 8 aromatic carbocycles. The minimum atomic E-state index is -0.226. The lowest BCUT2D eigenvalue weighted by molar-refractivity contribution is 0.628. The van der Waals surface area contributed by atoms with Crippen molar-refractivity contribution in [3.63, 3.8) is 0 Å². The Bertz CT molecular complexity index is 2480. The van der Waals surface area contributed by atoms with Crippen LogP contribution in [0.1, 0.15) is 0 Å². The smallest absolute Gasteiger partial charge is 0.143 e. The van der Waals surface area contributed by atoms with E-state index in [0.717, 1.165) is 44.0 Å². The average Bonchev–Trinajstić information content (AvgIpc) is 3.47. The molecule has 0 aliphatic carbocycles. The van der Waals surface area contributed by atoms with Gasteiger partial charge in [0.25, 0.3) is 0 Å². The van der Waals surface area contributed by atoms with E-state index in [4.69, 9.17) is 4.42 Å². The van der Waals surface area contributed by atoms with Crippen LogP contribution in [-0.2, 0) is 0 Å². The zero-order valence-electron chi connectivity index (χ0n) is 23.7. The first-order chi connectivity index (χ1) is 21.7. The van der Waals surface area contributed by atoms with Gasteiger partial charge < -0.3 is 4.42 Å². The van der Waals surface area contributed by atoms with Gasteiger partial charge in [0, 0.05) is 16.2 Å². The molecule has 0 bridgehead atoms. The van der Waals surface area contributed by atoms with E-state index in [1.165, 1.54) is 55.8 Å². The Balaban J connectivity index is 1.33. The summed E-state index contributed by atoms with van der Waals surface area (Å²) >= 11 is 0. The molecule has 0 aliphatic rings. The Hall–Kier alpha value is -5.73. The van der Waals surface area contributed by atoms with Gasteiger partial charge in [0.05, 0.1) is 0 Å². The fraction of sp³-hybridized carbons (Fsp3) is 0. The molecule has 0 amide bonds. The zero-order chi connectivity index (χ0) is 29.2. The van der Waals surface area contributed by atoms with E-state index in [1.807, 2.05) is 12.1 Å². The molecular weight excluding hydrogens is 539 g/mol. The lowest BCUT2D eigenvalue weighted by Gasteiger charge is -2.18. The highest BCUT2D eigenvalue weighted by atomic mass is 19.1. The number of hydrogen-bond acceptors (Lipinski definition) is 1. The van der Waals surface area contributed by atoms with Gasteiger partial charge in [0.2, 0.25) is 0 Å². The molecule has 0 N–H and O–H groups in total. The monoisotopic (exact) mass is 564 g/mol. The van der Waals surface area contributed by atoms with Crippen LogP contribution in [0.4, 0.5) is 4.39 Å². The van der Waals surface area contributed by atoms with Crippen molar-refractivity contribution in [2.75, 3.05) is 0 Å². The summed E-state index contributed by atoms with van der Waals surface area (Å²) in [4.78, 5) is 0. The van der Waals surface area contributed by atoms with E-state index in [-0.39, 0.29) is 5.82 Å². The molecule has 0 spiro atoms. The molecule has 44 heavy (non-hydrogen) atoms. The van der Waals surface area contributed by atoms with Crippen molar-refractivity contribution in [3.05, 3.63) is 157 Å². The summed E-state index contributed by atoms with van der Waals surface area (Å²) in [5.41, 5.74) is 8.61. The van der Waals surface area contributed by atoms with Crippen LogP contribution >= 0.6 is 0 Å². The van der Waals surface area contributed by atoms with Crippen LogP contribution in [0.5, 0.6) is 0 Å². The number of hydrogen-bond donors (Lipinski definition) is 0. The van der Waals surface area contributed by atoms with Gasteiger partial charge >= 0.3 is 0 Å². The second-order valence-corrected chi connectivity index (χ2v) is 11.4. The molecule has 0 fully saturated rings. The Kier molecular flexibility index (Phi) is 5.45. The van der Waals surface area contributed by atoms with Crippen molar-refractivity contribution < 1.29 is 8.81 Å². The average molecular weight is 565 g/mol. The Morgan fingerprint density at radius 1 is 0.386 bits per heavy atom. The lowest BCUT2D eigenvalue weighted by Crippen LogP contribution is -1.91. The molecule has 0 saturated carbocycles. The van der Waals surface area contributed by atoms with Crippen molar-refractivity contribution in [2.45, 2.75) is 0 Å². The molecule has 0 radical (unpaired) electrons. The second-order valence-electron chi connectivity index (χ2n) is 11.4. The van der Waals surface area contributed by atoms with Gasteiger partial charge in [0.1, 0.15) is 17.0 Å². The van der Waals surface area contributed by atoms with Crippen LogP contribution in [0.15, 0.2) is 156 Å². The van der Waals surface area contributed by atoms with Gasteiger partial charge in [-0.1, -0.05) is 127 Å². The van der Waals surface area contributed by atoms with E-state index in [9.17, 15) is 4.39 Å². The maximum atomic E-state index is 13.5. The largest absolute Gasteiger partial charge is 0.455 e. The maximum Gasteiger partial charge on any atom is 0.143 e. The van der Waals surface area contributed by atoms with Crippen LogP contribution in [0.2, 0.25) is 0 Å². The lowest BCUT2D eigenvalue weighted by atomic mass is 9.84. The van der Waals surface area contributed by atoms with Crippen LogP contribution in [0.3, 0.4) is 0 Å². The standard InChI is InChI=1S/C42H25FO/c43-30-23-20-27(21-24-30)26-16-18-29(19-17-26)39-32-10-3-5-12-34(32)40(35-13-6-4-11-33(35)39)36-14-7-15-38-41(36)37-25-22-28-8-1-2-9-31(28)42(37)44-38/h1-25H. The van der Waals surface area contributed by atoms with Crippen molar-refractivity contribution in [1.82, 2.24) is 0 Å². The predicted octanol–water partition coefficient (Wildman–Crippen LogP) is 12.2. The van der Waals surface area contributed by atoms with E-state index in [1.54, 1.807) is 0 Å². The summed E-state index contributed by atoms with van der Waals surface area (Å²) in [6.45, 7) is 0. The van der Waals surface area contributed by atoms with Crippen molar-refractivity contribution >= 4 is 54.3 Å². The van der Waals surface area contributed by atoms with Crippen LogP contribution in [0.25, 0.3) is 87.6 Å². The third-order valence-corrected chi connectivity index (χ3v) is 8.94. The van der Waals surface area contributed by atoms with Gasteiger partial charge in [-0.05, 0) is 84.6 Å². The molecule has 206 valence electrons. The number of rotatable bonds is 3. The van der Waals surface area contributed by atoms with E-state index < -0.39 is 0 Å². The molecule has 0 saturated heterocycles. The SMILES string of the molecule is Fc1ccc(-c2ccc(-c3c4ccccc4c(-c4cccc5oc6c7ccccc7ccc6c45)c4ccccc34)cc2)cc1. The summed E-state index contributed by atoms with van der Waals surface area (Å²) in [5.74, 6) is -0.226. The van der Waals surface area contributed by atoms with E-state index in [0.29, 0.717) is 0 Å². The van der Waals surface area contributed by atoms with Crippen molar-refractivity contribution in [3.8, 4) is 33.4 Å². The highest BCUT2D eigenvalue weighted by molar-refractivity contribution is 6.27. The number of benzene rings is 8. The van der Waals surface area contributed by atoms with Gasteiger partial charge in [-0.25, -0.2) is 4.39 Å². The van der Waals surface area contributed by atoms with Crippen LogP contribution in [0, 0.1) is 5.82 Å². The Morgan fingerprint density at radius 2 is 0.932 bits per heavy atom. The van der Waals surface area contributed by atoms with Crippen molar-refractivity contribution in [1.29, 1.82) is 0 Å². The fourth-order valence-corrected chi connectivity index (χ4v) is 6.96. The summed E-state index contributed by atoms with van der Waals surface area (Å²) < 4.78 is 20.1. The summed E-state index contributed by atoms with van der Waals surface area (Å²) in [7, 11) is 0. The summed E-state index contributed by atoms with van der Waals surface area (Å²) in [5, 5.41) is 9.37. The van der Waals surface area contributed by atoms with Gasteiger partial charge in [-0.3, -0.25) is 0 Å². The van der Waals surface area contributed by atoms with E-state index >= 15 is 0 Å². The molecule has 0 unspecified atom stereocenters. The fourth-order valence-electron chi connectivity index (χ4n) is 6.96. The van der Waals surface area contributed by atoms with Crippen molar-refractivity contribution in [2.24, 2.45) is 0 Å². The summed E-state index contributed by atoms with van der Waals surface area (Å²) in [6, 6.07) is 52.0. The molecule has 0 aliphatic heterocycles. The topological polar surface area (TPSA) is 13.1 Å². The number of halogens is 1.